The topological polar surface area (TPSA) is 48.5 Å². The third-order valence-corrected chi connectivity index (χ3v) is 5.83. The van der Waals surface area contributed by atoms with Gasteiger partial charge in [0.1, 0.15) is 0 Å². The molecule has 136 valence electrons. The van der Waals surface area contributed by atoms with Gasteiger partial charge in [-0.1, -0.05) is 11.6 Å². The summed E-state index contributed by atoms with van der Waals surface area (Å²) in [7, 11) is 2.09. The summed E-state index contributed by atoms with van der Waals surface area (Å²) in [5.41, 5.74) is 3.01. The molecule has 2 aliphatic rings. The number of fused-ring (bicyclic) bond motifs is 1. The zero-order valence-electron chi connectivity index (χ0n) is 15.3. The molecule has 1 aromatic heterocycles. The third-order valence-electron chi connectivity index (χ3n) is 5.59. The number of rotatable bonds is 3. The Bertz CT molecular complexity index is 861. The highest BCUT2D eigenvalue weighted by Gasteiger charge is 2.44. The van der Waals surface area contributed by atoms with Gasteiger partial charge in [-0.3, -0.25) is 14.7 Å². The number of aromatic nitrogens is 1. The second-order valence-corrected chi connectivity index (χ2v) is 7.98. The molecule has 1 amide bonds. The van der Waals surface area contributed by atoms with Crippen molar-refractivity contribution in [2.45, 2.75) is 31.8 Å². The Balaban J connectivity index is 1.72. The van der Waals surface area contributed by atoms with Crippen molar-refractivity contribution in [3.8, 4) is 0 Å². The van der Waals surface area contributed by atoms with Gasteiger partial charge in [-0.25, -0.2) is 0 Å². The molecule has 0 aliphatic carbocycles. The van der Waals surface area contributed by atoms with Gasteiger partial charge in [-0.15, -0.1) is 0 Å². The fraction of sp³-hybridized carbons (Fsp3) is 0.400. The van der Waals surface area contributed by atoms with E-state index in [1.807, 2.05) is 37.1 Å². The number of hydrogen-bond acceptors (Lipinski definition) is 4. The van der Waals surface area contributed by atoms with Crippen molar-refractivity contribution in [2.75, 3.05) is 29.9 Å². The van der Waals surface area contributed by atoms with Gasteiger partial charge in [0.15, 0.2) is 0 Å². The van der Waals surface area contributed by atoms with Crippen LogP contribution in [0.4, 0.5) is 11.4 Å². The van der Waals surface area contributed by atoms with Crippen LogP contribution >= 0.6 is 11.6 Å². The molecular formula is C20H23ClN4O. The van der Waals surface area contributed by atoms with E-state index in [9.17, 15) is 4.79 Å². The zero-order valence-corrected chi connectivity index (χ0v) is 16.0. The number of anilines is 2. The van der Waals surface area contributed by atoms with Gasteiger partial charge in [0.25, 0.3) is 5.91 Å². The van der Waals surface area contributed by atoms with Gasteiger partial charge in [-0.05, 0) is 56.6 Å². The molecule has 4 rings (SSSR count). The molecule has 1 N–H and O–H groups in total. The van der Waals surface area contributed by atoms with Crippen molar-refractivity contribution in [1.29, 1.82) is 0 Å². The van der Waals surface area contributed by atoms with Gasteiger partial charge in [0, 0.05) is 30.2 Å². The number of hydrogen-bond donors (Lipinski definition) is 1. The van der Waals surface area contributed by atoms with E-state index < -0.39 is 5.54 Å². The molecule has 5 nitrogen and oxygen atoms in total. The molecule has 3 heterocycles. The SMILES string of the molecule is CN(c1cncc(N2C(=O)c3ccc(Cl)cc3C2(C)C)c1)C1CCNC1. The molecule has 0 spiro atoms. The van der Waals surface area contributed by atoms with Crippen LogP contribution in [0.15, 0.2) is 36.7 Å². The van der Waals surface area contributed by atoms with Crippen LogP contribution in [0.3, 0.4) is 0 Å². The smallest absolute Gasteiger partial charge is 0.259 e. The summed E-state index contributed by atoms with van der Waals surface area (Å²) in [5.74, 6) is -0.00852. The maximum atomic E-state index is 13.1. The number of halogens is 1. The third kappa shape index (κ3) is 2.66. The van der Waals surface area contributed by atoms with Crippen molar-refractivity contribution in [3.05, 3.63) is 52.8 Å². The summed E-state index contributed by atoms with van der Waals surface area (Å²) < 4.78 is 0. The van der Waals surface area contributed by atoms with E-state index in [0.717, 1.165) is 36.4 Å². The van der Waals surface area contributed by atoms with Crippen LogP contribution < -0.4 is 15.1 Å². The lowest BCUT2D eigenvalue weighted by atomic mass is 9.93. The summed E-state index contributed by atoms with van der Waals surface area (Å²) in [4.78, 5) is 21.6. The first kappa shape index (κ1) is 17.3. The van der Waals surface area contributed by atoms with E-state index >= 15 is 0 Å². The predicted molar refractivity (Wildman–Crippen MR) is 105 cm³/mol. The number of carbonyl (C=O) groups excluding carboxylic acids is 1. The Morgan fingerprint density at radius 3 is 2.85 bits per heavy atom. The maximum absolute atomic E-state index is 13.1. The monoisotopic (exact) mass is 370 g/mol. The Labute approximate surface area is 159 Å². The molecule has 2 aromatic rings. The van der Waals surface area contributed by atoms with E-state index in [1.165, 1.54) is 0 Å². The first-order valence-corrected chi connectivity index (χ1v) is 9.30. The summed E-state index contributed by atoms with van der Waals surface area (Å²) in [6, 6.07) is 7.98. The summed E-state index contributed by atoms with van der Waals surface area (Å²) in [6.45, 7) is 6.10. The molecule has 0 saturated carbocycles. The Hall–Kier alpha value is -2.11. The van der Waals surface area contributed by atoms with Crippen LogP contribution in [-0.4, -0.2) is 37.1 Å². The minimum Gasteiger partial charge on any atom is -0.369 e. The van der Waals surface area contributed by atoms with Crippen LogP contribution in [0.5, 0.6) is 0 Å². The summed E-state index contributed by atoms with van der Waals surface area (Å²) in [6.07, 6.45) is 4.73. The van der Waals surface area contributed by atoms with Crippen LogP contribution in [0.1, 0.15) is 36.2 Å². The van der Waals surface area contributed by atoms with E-state index in [0.29, 0.717) is 16.6 Å². The Morgan fingerprint density at radius 1 is 1.31 bits per heavy atom. The number of amides is 1. The number of likely N-dealkylation sites (N-methyl/N-ethyl adjacent to an activating group) is 1. The molecule has 1 saturated heterocycles. The maximum Gasteiger partial charge on any atom is 0.259 e. The lowest BCUT2D eigenvalue weighted by Gasteiger charge is -2.33. The Morgan fingerprint density at radius 2 is 2.12 bits per heavy atom. The highest BCUT2D eigenvalue weighted by atomic mass is 35.5. The van der Waals surface area contributed by atoms with Crippen molar-refractivity contribution in [2.24, 2.45) is 0 Å². The highest BCUT2D eigenvalue weighted by molar-refractivity contribution is 6.31. The van der Waals surface area contributed by atoms with E-state index in [-0.39, 0.29) is 5.91 Å². The molecule has 26 heavy (non-hydrogen) atoms. The zero-order chi connectivity index (χ0) is 18.5. The number of pyridine rings is 1. The lowest BCUT2D eigenvalue weighted by molar-refractivity contribution is 0.0982. The molecular weight excluding hydrogens is 348 g/mol. The number of nitrogens with one attached hydrogen (secondary N) is 1. The van der Waals surface area contributed by atoms with Crippen LogP contribution in [0, 0.1) is 0 Å². The standard InChI is InChI=1S/C20H23ClN4O/c1-20(2)18-8-13(21)4-5-17(18)19(26)25(20)16-9-15(11-23-12-16)24(3)14-6-7-22-10-14/h4-5,8-9,11-12,14,22H,6-7,10H2,1-3H3. The molecule has 0 bridgehead atoms. The molecule has 1 atom stereocenters. The molecule has 6 heteroatoms. The number of carbonyl (C=O) groups is 1. The Kier molecular flexibility index (Phi) is 4.16. The molecule has 1 fully saturated rings. The minimum atomic E-state index is -0.481. The molecule has 1 unspecified atom stereocenters. The second-order valence-electron chi connectivity index (χ2n) is 7.55. The highest BCUT2D eigenvalue weighted by Crippen LogP contribution is 2.43. The second kappa shape index (κ2) is 6.25. The average Bonchev–Trinajstić information content (AvgIpc) is 3.21. The summed E-state index contributed by atoms with van der Waals surface area (Å²) >= 11 is 6.18. The fourth-order valence-corrected chi connectivity index (χ4v) is 4.23. The van der Waals surface area contributed by atoms with Gasteiger partial charge in [-0.2, -0.15) is 0 Å². The predicted octanol–water partition coefficient (Wildman–Crippen LogP) is 3.43. The average molecular weight is 371 g/mol. The van der Waals surface area contributed by atoms with Crippen LogP contribution in [0.2, 0.25) is 5.02 Å². The first-order valence-electron chi connectivity index (χ1n) is 8.93. The van der Waals surface area contributed by atoms with E-state index in [1.54, 1.807) is 12.3 Å². The summed E-state index contributed by atoms with van der Waals surface area (Å²) in [5, 5.41) is 4.04. The number of benzene rings is 1. The molecule has 0 radical (unpaired) electrons. The molecule has 1 aromatic carbocycles. The van der Waals surface area contributed by atoms with E-state index in [4.69, 9.17) is 11.6 Å². The van der Waals surface area contributed by atoms with Crippen molar-refractivity contribution < 1.29 is 4.79 Å². The van der Waals surface area contributed by atoms with Crippen molar-refractivity contribution in [3.63, 3.8) is 0 Å². The van der Waals surface area contributed by atoms with Crippen molar-refractivity contribution in [1.82, 2.24) is 10.3 Å². The van der Waals surface area contributed by atoms with Gasteiger partial charge in [0.05, 0.1) is 29.3 Å². The fourth-order valence-electron chi connectivity index (χ4n) is 4.06. The first-order chi connectivity index (χ1) is 12.4. The van der Waals surface area contributed by atoms with Crippen molar-refractivity contribution >= 4 is 28.9 Å². The van der Waals surface area contributed by atoms with Gasteiger partial charge < -0.3 is 10.2 Å². The lowest BCUT2D eigenvalue weighted by Crippen LogP contribution is -2.39. The van der Waals surface area contributed by atoms with Crippen LogP contribution in [0.25, 0.3) is 0 Å². The van der Waals surface area contributed by atoms with E-state index in [2.05, 4.69) is 28.3 Å². The minimum absolute atomic E-state index is 0.00852. The molecule has 2 aliphatic heterocycles. The number of nitrogens with zero attached hydrogens (tertiary/aromatic N) is 3. The largest absolute Gasteiger partial charge is 0.369 e. The quantitative estimate of drug-likeness (QED) is 0.899. The van der Waals surface area contributed by atoms with Gasteiger partial charge in [0.2, 0.25) is 0 Å². The normalized spacial score (nSPS) is 21.2. The van der Waals surface area contributed by atoms with Crippen LogP contribution in [-0.2, 0) is 5.54 Å². The van der Waals surface area contributed by atoms with Gasteiger partial charge >= 0.3 is 0 Å².